The molecule has 12 N–H and O–H groups in total. The minimum absolute atomic E-state index is 0.0610. The number of aryl methyl sites for hydroxylation is 2. The molecule has 304 valence electrons. The number of nitrogens with one attached hydrogen (secondary N) is 2. The highest BCUT2D eigenvalue weighted by molar-refractivity contribution is 7.99. The van der Waals surface area contributed by atoms with Crippen LogP contribution in [0.15, 0.2) is 22.2 Å². The molecule has 0 amide bonds. The molecule has 2 aliphatic heterocycles. The smallest absolute Gasteiger partial charge is 0.387 e. The van der Waals surface area contributed by atoms with Gasteiger partial charge in [-0.1, -0.05) is 0 Å². The molecule has 2 unspecified atom stereocenters. The van der Waals surface area contributed by atoms with Gasteiger partial charge in [0.2, 0.25) is 37.0 Å². The lowest BCUT2D eigenvalue weighted by atomic mass is 10.1. The average molecular weight is 843 g/mol. The number of H-pyrrole nitrogens is 2. The quantitative estimate of drug-likeness (QED) is 0.0289. The van der Waals surface area contributed by atoms with E-state index in [2.05, 4.69) is 19.9 Å². The van der Waals surface area contributed by atoms with Gasteiger partial charge in [0.05, 0.1) is 40.5 Å². The summed E-state index contributed by atoms with van der Waals surface area (Å²) >= 11 is 1.12. The Hall–Kier alpha value is -3.37. The third-order valence-electron chi connectivity index (χ3n) is 8.57. The molecule has 2 aliphatic rings. The van der Waals surface area contributed by atoms with Gasteiger partial charge in [0.15, 0.2) is 0 Å². The topological polar surface area (TPSA) is 372 Å². The molecule has 29 heteroatoms. The van der Waals surface area contributed by atoms with Gasteiger partial charge in [0.25, 0.3) is 22.3 Å². The summed E-state index contributed by atoms with van der Waals surface area (Å²) in [5, 5.41) is 42.4. The zero-order valence-corrected chi connectivity index (χ0v) is 31.5. The largest absolute Gasteiger partial charge is 0.472 e. The maximum absolute atomic E-state index is 12.4. The fourth-order valence-electron chi connectivity index (χ4n) is 6.04. The van der Waals surface area contributed by atoms with Gasteiger partial charge in [-0.3, -0.25) is 37.7 Å². The predicted octanol–water partition coefficient (Wildman–Crippen LogP) is -4.48. The van der Waals surface area contributed by atoms with Gasteiger partial charge < -0.3 is 51.2 Å². The van der Waals surface area contributed by atoms with Crippen molar-refractivity contribution in [1.82, 2.24) is 29.1 Å². The number of thioether (sulfide) groups is 1. The summed E-state index contributed by atoms with van der Waals surface area (Å²) in [4.78, 5) is 57.7. The molecule has 0 aromatic carbocycles. The van der Waals surface area contributed by atoms with Gasteiger partial charge in [-0.25, -0.2) is 18.3 Å². The Balaban J connectivity index is 0.898. The molecule has 0 spiro atoms. The highest BCUT2D eigenvalue weighted by Gasteiger charge is 2.50. The van der Waals surface area contributed by atoms with E-state index in [9.17, 15) is 48.9 Å². The molecular weight excluding hydrogens is 802 g/mol. The zero-order chi connectivity index (χ0) is 40.0. The highest BCUT2D eigenvalue weighted by atomic mass is 32.2. The number of phosphoric acid groups is 2. The number of hydrogen-bond donors (Lipinski definition) is 10. The molecule has 0 bridgehead atoms. The van der Waals surface area contributed by atoms with Crippen molar-refractivity contribution in [2.45, 2.75) is 49.1 Å². The van der Waals surface area contributed by atoms with Crippen LogP contribution in [-0.2, 0) is 50.8 Å². The summed E-state index contributed by atoms with van der Waals surface area (Å²) in [6.45, 7) is -1.92. The van der Waals surface area contributed by atoms with Gasteiger partial charge >= 0.3 is 26.8 Å². The Morgan fingerprint density at radius 2 is 1.13 bits per heavy atom. The van der Waals surface area contributed by atoms with E-state index in [-0.39, 0.29) is 58.9 Å². The molecule has 26 nitrogen and oxygen atoms in total. The van der Waals surface area contributed by atoms with E-state index in [1.807, 2.05) is 0 Å². The fourth-order valence-corrected chi connectivity index (χ4v) is 8.36. The predicted molar refractivity (Wildman–Crippen MR) is 185 cm³/mol. The van der Waals surface area contributed by atoms with Crippen LogP contribution in [0.5, 0.6) is 0 Å². The lowest BCUT2D eigenvalue weighted by molar-refractivity contribution is -0.646. The van der Waals surface area contributed by atoms with E-state index in [1.54, 1.807) is 14.1 Å². The summed E-state index contributed by atoms with van der Waals surface area (Å²) in [6.07, 6.45) is -8.48. The molecular formula is C26H40N10O16P2S+2. The number of aliphatic hydroxyl groups is 4. The highest BCUT2D eigenvalue weighted by Crippen LogP contribution is 2.46. The normalized spacial score (nSPS) is 27.9. The first-order chi connectivity index (χ1) is 25.9. The third kappa shape index (κ3) is 8.80. The van der Waals surface area contributed by atoms with Crippen molar-refractivity contribution in [2.75, 3.05) is 49.4 Å². The van der Waals surface area contributed by atoms with Crippen molar-refractivity contribution < 1.29 is 76.0 Å². The molecule has 6 heterocycles. The monoisotopic (exact) mass is 842 g/mol. The SMILES string of the molecule is C[n+]1cn([C@@H]2O[C@H](COP(=O)(O)OCCSCCOP(=O)(O)OC[C@H]3O[C@@H](n4c[n+](C)c5c(=O)[nH]c(N)nc54)[C@H](O)[C@@H]3O)[C@@H](O)[C@H]2O)c2nc(N)[nH]c(=O)c21. The number of imidazole rings is 2. The van der Waals surface area contributed by atoms with Crippen LogP contribution in [0.3, 0.4) is 0 Å². The van der Waals surface area contributed by atoms with Crippen LogP contribution in [0, 0.1) is 0 Å². The van der Waals surface area contributed by atoms with E-state index in [4.69, 9.17) is 39.0 Å². The molecule has 0 aliphatic carbocycles. The molecule has 4 aromatic heterocycles. The van der Waals surface area contributed by atoms with E-state index in [1.165, 1.54) is 30.9 Å². The average Bonchev–Trinajstić information content (AvgIpc) is 3.79. The van der Waals surface area contributed by atoms with Gasteiger partial charge in [0.1, 0.15) is 36.6 Å². The Kier molecular flexibility index (Phi) is 12.2. The summed E-state index contributed by atoms with van der Waals surface area (Å²) in [7, 11) is -6.24. The number of rotatable bonds is 16. The fraction of sp³-hybridized carbons (Fsp3) is 0.615. The van der Waals surface area contributed by atoms with Gasteiger partial charge in [0, 0.05) is 11.5 Å². The third-order valence-corrected chi connectivity index (χ3v) is 11.4. The summed E-state index contributed by atoms with van der Waals surface area (Å²) < 4.78 is 61.5. The lowest BCUT2D eigenvalue weighted by Gasteiger charge is -2.17. The van der Waals surface area contributed by atoms with Crippen LogP contribution in [0.1, 0.15) is 12.5 Å². The maximum Gasteiger partial charge on any atom is 0.472 e. The number of phosphoric ester groups is 2. The van der Waals surface area contributed by atoms with Crippen LogP contribution < -0.4 is 31.7 Å². The number of ether oxygens (including phenoxy) is 2. The molecule has 2 fully saturated rings. The minimum atomic E-state index is -4.67. The van der Waals surface area contributed by atoms with Crippen molar-refractivity contribution in [3.05, 3.63) is 33.4 Å². The molecule has 6 rings (SSSR count). The molecule has 55 heavy (non-hydrogen) atoms. The second-order valence-electron chi connectivity index (χ2n) is 12.4. The van der Waals surface area contributed by atoms with E-state index >= 15 is 0 Å². The minimum Gasteiger partial charge on any atom is -0.387 e. The second kappa shape index (κ2) is 16.2. The number of nitrogen functional groups attached to an aromatic ring is 2. The van der Waals surface area contributed by atoms with E-state index in [0.29, 0.717) is 0 Å². The van der Waals surface area contributed by atoms with Crippen LogP contribution in [-0.4, -0.2) is 134 Å². The van der Waals surface area contributed by atoms with Gasteiger partial charge in [-0.2, -0.15) is 30.9 Å². The lowest BCUT2D eigenvalue weighted by Crippen LogP contribution is -2.34. The standard InChI is InChI=1S/C26H38N10O16P2S/c1-33-9-35(19-13(33)21(41)31-25(27)29-19)23-17(39)15(37)11(51-23)7-49-53(43,44)47-3-5-55-6-4-48-54(45,46)50-8-12-16(38)18(40)24(52-12)36-10-34(2)14-20(36)30-26(28)32-22(14)42/h9-12,15-18,23-24,37-40H,3-8H2,1-2H3,(H6-2,27,28,29,30,31,32,41,42,43,44,45,46)/p+2/t11-,12-,15-,16-,17-,18-,23-,24-/m1/s1. The number of fused-ring (bicyclic) bond motifs is 2. The molecule has 2 saturated heterocycles. The van der Waals surface area contributed by atoms with Crippen LogP contribution in [0.25, 0.3) is 22.3 Å². The molecule has 0 saturated carbocycles. The van der Waals surface area contributed by atoms with Crippen molar-refractivity contribution in [1.29, 1.82) is 0 Å². The molecule has 0 radical (unpaired) electrons. The van der Waals surface area contributed by atoms with Crippen LogP contribution in [0.2, 0.25) is 0 Å². The molecule has 4 aromatic rings. The number of nitrogens with two attached hydrogens (primary N) is 2. The number of aromatic amines is 2. The zero-order valence-electron chi connectivity index (χ0n) is 28.9. The van der Waals surface area contributed by atoms with Crippen LogP contribution >= 0.6 is 27.4 Å². The Morgan fingerprint density at radius 3 is 1.51 bits per heavy atom. The number of aromatic nitrogens is 8. The van der Waals surface area contributed by atoms with E-state index in [0.717, 1.165) is 11.8 Å². The van der Waals surface area contributed by atoms with Gasteiger partial charge in [-0.15, -0.1) is 0 Å². The number of nitrogens with zero attached hydrogens (tertiary/aromatic N) is 6. The number of anilines is 2. The van der Waals surface area contributed by atoms with Gasteiger partial charge in [-0.05, 0) is 0 Å². The number of aliphatic hydroxyl groups excluding tert-OH is 4. The van der Waals surface area contributed by atoms with Crippen molar-refractivity contribution >= 4 is 61.6 Å². The van der Waals surface area contributed by atoms with Crippen molar-refractivity contribution in [3.63, 3.8) is 0 Å². The second-order valence-corrected chi connectivity index (χ2v) is 16.5. The number of hydrogen-bond acceptors (Lipinski definition) is 19. The summed E-state index contributed by atoms with van der Waals surface area (Å²) in [5.41, 5.74) is 10.6. The first-order valence-electron chi connectivity index (χ1n) is 16.2. The summed E-state index contributed by atoms with van der Waals surface area (Å²) in [5.74, 6) is -0.150. The van der Waals surface area contributed by atoms with Crippen molar-refractivity contribution in [2.24, 2.45) is 14.1 Å². The first kappa shape index (κ1) is 41.3. The maximum atomic E-state index is 12.4. The Morgan fingerprint density at radius 1 is 0.745 bits per heavy atom. The van der Waals surface area contributed by atoms with Crippen LogP contribution in [0.4, 0.5) is 11.9 Å². The Labute approximate surface area is 312 Å². The molecule has 10 atom stereocenters. The first-order valence-corrected chi connectivity index (χ1v) is 20.4. The summed E-state index contributed by atoms with van der Waals surface area (Å²) in [6, 6.07) is 0. The Bertz CT molecular complexity index is 2100. The van der Waals surface area contributed by atoms with Crippen molar-refractivity contribution in [3.8, 4) is 0 Å². The van der Waals surface area contributed by atoms with E-state index < -0.39 is 89.1 Å².